The number of nitrogens with zero attached hydrogens (tertiary/aromatic N) is 3. The molecule has 0 spiro atoms. The summed E-state index contributed by atoms with van der Waals surface area (Å²) in [6.45, 7) is 0.533. The Morgan fingerprint density at radius 1 is 1.40 bits per heavy atom. The van der Waals surface area contributed by atoms with Crippen molar-refractivity contribution in [1.29, 1.82) is 0 Å². The van der Waals surface area contributed by atoms with Gasteiger partial charge < -0.3 is 21.3 Å². The molecular weight excluding hydrogens is 273 g/mol. The third-order valence-electron chi connectivity index (χ3n) is 3.03. The van der Waals surface area contributed by atoms with E-state index >= 15 is 0 Å². The molecule has 0 saturated carbocycles. The van der Waals surface area contributed by atoms with E-state index in [0.29, 0.717) is 17.6 Å². The van der Waals surface area contributed by atoms with Gasteiger partial charge in [-0.3, -0.25) is 0 Å². The monoisotopic (exact) mass is 290 g/mol. The zero-order valence-corrected chi connectivity index (χ0v) is 11.0. The van der Waals surface area contributed by atoms with Crippen molar-refractivity contribution in [3.05, 3.63) is 11.8 Å². The average molecular weight is 290 g/mol. The number of alkyl halides is 3. The number of likely N-dealkylation sites (N-methyl/N-ethyl adjacent to an activating group) is 1. The second-order valence-corrected chi connectivity index (χ2v) is 4.68. The lowest BCUT2D eigenvalue weighted by molar-refractivity contribution is -0.125. The summed E-state index contributed by atoms with van der Waals surface area (Å²) in [4.78, 5) is 10.0. The summed E-state index contributed by atoms with van der Waals surface area (Å²) < 4.78 is 36.2. The van der Waals surface area contributed by atoms with E-state index < -0.39 is 12.7 Å². The molecule has 112 valence electrons. The lowest BCUT2D eigenvalue weighted by Gasteiger charge is -2.40. The van der Waals surface area contributed by atoms with Crippen molar-refractivity contribution < 1.29 is 13.2 Å². The van der Waals surface area contributed by atoms with Gasteiger partial charge in [0.1, 0.15) is 5.82 Å². The molecular formula is C11H17F3N6. The van der Waals surface area contributed by atoms with E-state index in [4.69, 9.17) is 5.73 Å². The van der Waals surface area contributed by atoms with Crippen LogP contribution in [0.5, 0.6) is 0 Å². The maximum absolute atomic E-state index is 12.1. The summed E-state index contributed by atoms with van der Waals surface area (Å²) in [5.74, 6) is 0.715. The van der Waals surface area contributed by atoms with Crippen molar-refractivity contribution >= 4 is 11.8 Å². The van der Waals surface area contributed by atoms with Crippen molar-refractivity contribution in [3.63, 3.8) is 0 Å². The van der Waals surface area contributed by atoms with Gasteiger partial charge in [0.2, 0.25) is 5.95 Å². The summed E-state index contributed by atoms with van der Waals surface area (Å²) in [5, 5.41) is 5.42. The van der Waals surface area contributed by atoms with E-state index in [0.717, 1.165) is 13.1 Å². The highest BCUT2D eigenvalue weighted by Gasteiger charge is 2.28. The summed E-state index contributed by atoms with van der Waals surface area (Å²) in [6, 6.07) is 2.06. The predicted octanol–water partition coefficient (Wildman–Crippen LogP) is 0.119. The van der Waals surface area contributed by atoms with Crippen molar-refractivity contribution in [1.82, 2.24) is 20.6 Å². The molecule has 1 aliphatic rings. The largest absolute Gasteiger partial charge is 0.401 e. The van der Waals surface area contributed by atoms with Crippen molar-refractivity contribution in [2.45, 2.75) is 18.8 Å². The molecule has 0 aliphatic carbocycles. The fourth-order valence-corrected chi connectivity index (χ4v) is 1.94. The molecule has 0 atom stereocenters. The van der Waals surface area contributed by atoms with Crippen LogP contribution in [0.3, 0.4) is 0 Å². The molecule has 1 fully saturated rings. The highest BCUT2D eigenvalue weighted by atomic mass is 19.4. The van der Waals surface area contributed by atoms with Crippen LogP contribution >= 0.6 is 0 Å². The summed E-state index contributed by atoms with van der Waals surface area (Å²) >= 11 is 0. The molecule has 1 aromatic heterocycles. The Morgan fingerprint density at radius 3 is 2.70 bits per heavy atom. The van der Waals surface area contributed by atoms with Crippen LogP contribution in [0, 0.1) is 0 Å². The summed E-state index contributed by atoms with van der Waals surface area (Å²) in [6.07, 6.45) is -4.24. The van der Waals surface area contributed by atoms with Gasteiger partial charge in [-0.15, -0.1) is 0 Å². The maximum atomic E-state index is 12.1. The van der Waals surface area contributed by atoms with E-state index in [9.17, 15) is 13.2 Å². The first-order valence-corrected chi connectivity index (χ1v) is 6.20. The molecule has 20 heavy (non-hydrogen) atoms. The van der Waals surface area contributed by atoms with Crippen molar-refractivity contribution in [2.24, 2.45) is 0 Å². The van der Waals surface area contributed by atoms with Crippen LogP contribution in [0.15, 0.2) is 6.07 Å². The standard InChI is InChI=1S/C11H17F3N6/c1-16-8-4-20(5-8)9-2-7(18-10(15)19-9)3-17-6-11(12,13)14/h2,8,16-17H,3-6H2,1H3,(H2,15,18,19). The Labute approximate surface area is 114 Å². The van der Waals surface area contributed by atoms with Gasteiger partial charge in [0.05, 0.1) is 12.2 Å². The lowest BCUT2D eigenvalue weighted by Crippen LogP contribution is -2.57. The quantitative estimate of drug-likeness (QED) is 0.715. The third kappa shape index (κ3) is 3.94. The fraction of sp³-hybridized carbons (Fsp3) is 0.636. The number of hydrogen-bond acceptors (Lipinski definition) is 6. The van der Waals surface area contributed by atoms with Crippen molar-refractivity contribution in [3.8, 4) is 0 Å². The average Bonchev–Trinajstić information content (AvgIpc) is 2.25. The normalized spacial score (nSPS) is 16.3. The van der Waals surface area contributed by atoms with Crippen LogP contribution < -0.4 is 21.3 Å². The molecule has 0 radical (unpaired) electrons. The minimum absolute atomic E-state index is 0.00251. The number of rotatable bonds is 5. The smallest absolute Gasteiger partial charge is 0.368 e. The van der Waals surface area contributed by atoms with Crippen LogP contribution in [0.25, 0.3) is 0 Å². The Balaban J connectivity index is 1.95. The van der Waals surface area contributed by atoms with Crippen LogP contribution in [-0.2, 0) is 6.54 Å². The molecule has 4 N–H and O–H groups in total. The zero-order valence-electron chi connectivity index (χ0n) is 11.0. The Kier molecular flexibility index (Phi) is 4.29. The van der Waals surface area contributed by atoms with Gasteiger partial charge in [-0.2, -0.15) is 18.2 Å². The number of nitrogen functional groups attached to an aromatic ring is 1. The Bertz CT molecular complexity index is 458. The second-order valence-electron chi connectivity index (χ2n) is 4.68. The molecule has 0 aromatic carbocycles. The molecule has 0 bridgehead atoms. The maximum Gasteiger partial charge on any atom is 0.401 e. The highest BCUT2D eigenvalue weighted by Crippen LogP contribution is 2.20. The number of nitrogens with one attached hydrogen (secondary N) is 2. The molecule has 1 aliphatic heterocycles. The number of aromatic nitrogens is 2. The van der Waals surface area contributed by atoms with E-state index in [1.807, 2.05) is 11.9 Å². The third-order valence-corrected chi connectivity index (χ3v) is 3.03. The molecule has 1 saturated heterocycles. The number of anilines is 2. The molecule has 0 amide bonds. The van der Waals surface area contributed by atoms with Gasteiger partial charge >= 0.3 is 6.18 Å². The summed E-state index contributed by atoms with van der Waals surface area (Å²) in [5.41, 5.74) is 6.03. The van der Waals surface area contributed by atoms with Crippen molar-refractivity contribution in [2.75, 3.05) is 37.3 Å². The Hall–Kier alpha value is -1.61. The number of hydrogen-bond donors (Lipinski definition) is 3. The van der Waals surface area contributed by atoms with Crippen LogP contribution in [0.2, 0.25) is 0 Å². The first-order chi connectivity index (χ1) is 9.37. The van der Waals surface area contributed by atoms with Crippen LogP contribution in [0.4, 0.5) is 24.9 Å². The minimum Gasteiger partial charge on any atom is -0.368 e. The Morgan fingerprint density at radius 2 is 2.10 bits per heavy atom. The molecule has 6 nitrogen and oxygen atoms in total. The van der Waals surface area contributed by atoms with Crippen LogP contribution in [-0.4, -0.2) is 48.9 Å². The van der Waals surface area contributed by atoms with E-state index in [1.54, 1.807) is 6.07 Å². The fourth-order valence-electron chi connectivity index (χ4n) is 1.94. The zero-order chi connectivity index (χ0) is 14.8. The SMILES string of the molecule is CNC1CN(c2cc(CNCC(F)(F)F)nc(N)n2)C1. The second kappa shape index (κ2) is 5.80. The first-order valence-electron chi connectivity index (χ1n) is 6.20. The molecule has 0 unspecified atom stereocenters. The minimum atomic E-state index is -4.24. The predicted molar refractivity (Wildman–Crippen MR) is 69.3 cm³/mol. The van der Waals surface area contributed by atoms with E-state index in [-0.39, 0.29) is 12.5 Å². The number of nitrogens with two attached hydrogens (primary N) is 1. The molecule has 2 heterocycles. The van der Waals surface area contributed by atoms with Gasteiger partial charge in [0, 0.05) is 31.7 Å². The van der Waals surface area contributed by atoms with Gasteiger partial charge in [0.15, 0.2) is 0 Å². The van der Waals surface area contributed by atoms with Gasteiger partial charge in [0.25, 0.3) is 0 Å². The van der Waals surface area contributed by atoms with Crippen LogP contribution in [0.1, 0.15) is 5.69 Å². The highest BCUT2D eigenvalue weighted by molar-refractivity contribution is 5.46. The molecule has 9 heteroatoms. The lowest BCUT2D eigenvalue weighted by atomic mass is 10.1. The van der Waals surface area contributed by atoms with Gasteiger partial charge in [-0.1, -0.05) is 0 Å². The van der Waals surface area contributed by atoms with E-state index in [2.05, 4.69) is 20.6 Å². The van der Waals surface area contributed by atoms with E-state index in [1.165, 1.54) is 0 Å². The van der Waals surface area contributed by atoms with Gasteiger partial charge in [-0.25, -0.2) is 4.98 Å². The molecule has 2 rings (SSSR count). The number of halogens is 3. The molecule has 1 aromatic rings. The van der Waals surface area contributed by atoms with Gasteiger partial charge in [-0.05, 0) is 7.05 Å². The first kappa shape index (κ1) is 14.8. The summed E-state index contributed by atoms with van der Waals surface area (Å²) in [7, 11) is 1.88. The topological polar surface area (TPSA) is 79.1 Å².